The largest absolute Gasteiger partial charge is 0.398 e. The van der Waals surface area contributed by atoms with Gasteiger partial charge in [0.25, 0.3) is 5.91 Å². The van der Waals surface area contributed by atoms with Gasteiger partial charge in [-0.15, -0.1) is 0 Å². The van der Waals surface area contributed by atoms with Crippen LogP contribution in [-0.4, -0.2) is 11.9 Å². The molecule has 0 aliphatic rings. The number of amides is 1. The summed E-state index contributed by atoms with van der Waals surface area (Å²) >= 11 is 0. The zero-order valence-corrected chi connectivity index (χ0v) is 8.13. The molecule has 72 valence electrons. The van der Waals surface area contributed by atoms with Gasteiger partial charge in [-0.1, -0.05) is 19.2 Å². The minimum Gasteiger partial charge on any atom is -0.398 e. The first-order valence-electron chi connectivity index (χ1n) is 4.08. The summed E-state index contributed by atoms with van der Waals surface area (Å²) in [6, 6.07) is 0.0834. The van der Waals surface area contributed by atoms with Gasteiger partial charge in [0.05, 0.1) is 5.57 Å². The summed E-state index contributed by atoms with van der Waals surface area (Å²) in [5.74, 6) is -0.220. The Bertz CT molecular complexity index is 252. The molecule has 0 spiro atoms. The monoisotopic (exact) mass is 180 g/mol. The Morgan fingerprint density at radius 1 is 1.38 bits per heavy atom. The Morgan fingerprint density at radius 3 is 2.23 bits per heavy atom. The lowest BCUT2D eigenvalue weighted by Crippen LogP contribution is -2.32. The average Bonchev–Trinajstić information content (AvgIpc) is 2.03. The van der Waals surface area contributed by atoms with Crippen LogP contribution in [0.4, 0.5) is 0 Å². The van der Waals surface area contributed by atoms with Crippen LogP contribution in [-0.2, 0) is 4.79 Å². The quantitative estimate of drug-likeness (QED) is 0.502. The van der Waals surface area contributed by atoms with Crippen LogP contribution in [0, 0.1) is 0 Å². The molecule has 0 saturated heterocycles. The van der Waals surface area contributed by atoms with Crippen LogP contribution in [0.3, 0.4) is 0 Å². The molecule has 0 radical (unpaired) electrons. The van der Waals surface area contributed by atoms with Crippen LogP contribution in [0.1, 0.15) is 13.8 Å². The fourth-order valence-corrected chi connectivity index (χ4v) is 0.792. The summed E-state index contributed by atoms with van der Waals surface area (Å²) in [5.41, 5.74) is 6.24. The zero-order valence-electron chi connectivity index (χ0n) is 8.13. The third kappa shape index (κ3) is 3.60. The molecule has 3 nitrogen and oxygen atoms in total. The fraction of sp³-hybridized carbons (Fsp3) is 0.300. The summed E-state index contributed by atoms with van der Waals surface area (Å²) in [6.07, 6.45) is 2.85. The van der Waals surface area contributed by atoms with Gasteiger partial charge in [-0.25, -0.2) is 0 Å². The topological polar surface area (TPSA) is 55.1 Å². The first-order chi connectivity index (χ1) is 6.02. The lowest BCUT2D eigenvalue weighted by molar-refractivity contribution is -0.117. The van der Waals surface area contributed by atoms with Gasteiger partial charge in [0.15, 0.2) is 0 Å². The summed E-state index contributed by atoms with van der Waals surface area (Å²) in [5, 5.41) is 2.71. The number of hydrogen-bond donors (Lipinski definition) is 2. The molecule has 0 aromatic carbocycles. The summed E-state index contributed by atoms with van der Waals surface area (Å²) in [4.78, 5) is 11.4. The summed E-state index contributed by atoms with van der Waals surface area (Å²) < 4.78 is 0. The van der Waals surface area contributed by atoms with E-state index in [0.29, 0.717) is 11.3 Å². The van der Waals surface area contributed by atoms with Gasteiger partial charge in [-0.3, -0.25) is 4.79 Å². The highest BCUT2D eigenvalue weighted by molar-refractivity contribution is 5.97. The van der Waals surface area contributed by atoms with Crippen molar-refractivity contribution in [2.24, 2.45) is 5.73 Å². The van der Waals surface area contributed by atoms with Gasteiger partial charge < -0.3 is 11.1 Å². The van der Waals surface area contributed by atoms with Crippen LogP contribution in [0.5, 0.6) is 0 Å². The van der Waals surface area contributed by atoms with Crippen molar-refractivity contribution in [1.29, 1.82) is 0 Å². The number of carbonyl (C=O) groups excluding carboxylic acids is 1. The van der Waals surface area contributed by atoms with E-state index in [1.807, 2.05) is 13.8 Å². The molecule has 3 N–H and O–H groups in total. The van der Waals surface area contributed by atoms with Crippen molar-refractivity contribution in [1.82, 2.24) is 5.32 Å². The number of nitrogens with one attached hydrogen (secondary N) is 1. The molecule has 0 aromatic heterocycles. The van der Waals surface area contributed by atoms with Crippen LogP contribution in [0.15, 0.2) is 36.6 Å². The van der Waals surface area contributed by atoms with E-state index in [9.17, 15) is 4.79 Å². The maximum Gasteiger partial charge on any atom is 0.253 e. The molecule has 0 aliphatic carbocycles. The van der Waals surface area contributed by atoms with Crippen molar-refractivity contribution in [3.05, 3.63) is 36.6 Å². The molecule has 1 amide bonds. The maximum atomic E-state index is 11.4. The minimum atomic E-state index is -0.220. The van der Waals surface area contributed by atoms with E-state index in [-0.39, 0.29) is 11.9 Å². The van der Waals surface area contributed by atoms with Crippen molar-refractivity contribution < 1.29 is 4.79 Å². The van der Waals surface area contributed by atoms with E-state index in [2.05, 4.69) is 18.5 Å². The Kier molecular flexibility index (Phi) is 4.59. The molecule has 0 atom stereocenters. The molecule has 0 bridgehead atoms. The van der Waals surface area contributed by atoms with Crippen molar-refractivity contribution in [2.45, 2.75) is 19.9 Å². The summed E-state index contributed by atoms with van der Waals surface area (Å²) in [7, 11) is 0. The van der Waals surface area contributed by atoms with Crippen molar-refractivity contribution in [3.63, 3.8) is 0 Å². The molecule has 0 rings (SSSR count). The average molecular weight is 180 g/mol. The van der Waals surface area contributed by atoms with Gasteiger partial charge in [0.2, 0.25) is 0 Å². The molecule has 0 unspecified atom stereocenters. The normalized spacial score (nSPS) is 11.9. The van der Waals surface area contributed by atoms with Crippen LogP contribution in [0.2, 0.25) is 0 Å². The van der Waals surface area contributed by atoms with Crippen molar-refractivity contribution >= 4 is 5.91 Å². The van der Waals surface area contributed by atoms with E-state index in [1.54, 1.807) is 0 Å². The maximum absolute atomic E-state index is 11.4. The molecular formula is C10H16N2O. The number of allylic oxidation sites excluding steroid dienone is 1. The third-order valence-electron chi connectivity index (χ3n) is 1.40. The first-order valence-corrected chi connectivity index (χ1v) is 4.08. The van der Waals surface area contributed by atoms with E-state index in [0.717, 1.165) is 0 Å². The Morgan fingerprint density at radius 2 is 1.92 bits per heavy atom. The first kappa shape index (κ1) is 11.5. The van der Waals surface area contributed by atoms with Crippen molar-refractivity contribution in [3.8, 4) is 0 Å². The predicted octanol–water partition coefficient (Wildman–Crippen LogP) is 1.10. The van der Waals surface area contributed by atoms with Gasteiger partial charge in [0.1, 0.15) is 0 Å². The van der Waals surface area contributed by atoms with Gasteiger partial charge >= 0.3 is 0 Å². The predicted molar refractivity (Wildman–Crippen MR) is 54.9 cm³/mol. The second kappa shape index (κ2) is 5.19. The number of hydrogen-bond acceptors (Lipinski definition) is 2. The van der Waals surface area contributed by atoms with Gasteiger partial charge in [-0.05, 0) is 19.9 Å². The van der Waals surface area contributed by atoms with E-state index in [4.69, 9.17) is 5.73 Å². The van der Waals surface area contributed by atoms with Crippen molar-refractivity contribution in [2.75, 3.05) is 0 Å². The molecule has 13 heavy (non-hydrogen) atoms. The van der Waals surface area contributed by atoms with Crippen LogP contribution in [0.25, 0.3) is 0 Å². The Hall–Kier alpha value is -1.51. The van der Waals surface area contributed by atoms with Crippen LogP contribution >= 0.6 is 0 Å². The molecular weight excluding hydrogens is 164 g/mol. The second-order valence-corrected chi connectivity index (χ2v) is 2.91. The van der Waals surface area contributed by atoms with Gasteiger partial charge in [0, 0.05) is 11.7 Å². The third-order valence-corrected chi connectivity index (χ3v) is 1.40. The number of rotatable bonds is 4. The lowest BCUT2D eigenvalue weighted by Gasteiger charge is -2.09. The molecule has 0 aromatic rings. The van der Waals surface area contributed by atoms with Gasteiger partial charge in [-0.2, -0.15) is 0 Å². The van der Waals surface area contributed by atoms with E-state index in [1.165, 1.54) is 12.2 Å². The molecule has 3 heteroatoms. The Labute approximate surface area is 79.0 Å². The molecule has 0 fully saturated rings. The lowest BCUT2D eigenvalue weighted by atomic mass is 10.2. The smallest absolute Gasteiger partial charge is 0.253 e. The van der Waals surface area contributed by atoms with E-state index >= 15 is 0 Å². The second-order valence-electron chi connectivity index (χ2n) is 2.91. The SMILES string of the molecule is C=C/C(N)=C(\C=C)C(=O)NC(C)C. The summed E-state index contributed by atoms with van der Waals surface area (Å²) in [6.45, 7) is 10.7. The highest BCUT2D eigenvalue weighted by atomic mass is 16.1. The highest BCUT2D eigenvalue weighted by Crippen LogP contribution is 2.01. The zero-order chi connectivity index (χ0) is 10.4. The van der Waals surface area contributed by atoms with Crippen LogP contribution < -0.4 is 11.1 Å². The Balaban J connectivity index is 4.70. The number of carbonyl (C=O) groups is 1. The highest BCUT2D eigenvalue weighted by Gasteiger charge is 2.09. The number of nitrogens with two attached hydrogens (primary N) is 1. The minimum absolute atomic E-state index is 0.0834. The standard InChI is InChI=1S/C10H16N2O/c1-5-8(9(11)6-2)10(13)12-7(3)4/h5-7H,1-2,11H2,3-4H3,(H,12,13)/b9-8-. The molecule has 0 heterocycles. The molecule has 0 aliphatic heterocycles. The fourth-order valence-electron chi connectivity index (χ4n) is 0.792. The van der Waals surface area contributed by atoms with E-state index < -0.39 is 0 Å². The molecule has 0 saturated carbocycles.